The van der Waals surface area contributed by atoms with Crippen LogP contribution in [0.1, 0.15) is 52.9 Å². The molecule has 0 bridgehead atoms. The van der Waals surface area contributed by atoms with Gasteiger partial charge >= 0.3 is 0 Å². The van der Waals surface area contributed by atoms with Crippen LogP contribution in [0.4, 0.5) is 5.69 Å². The third-order valence-electron chi connectivity index (χ3n) is 4.99. The zero-order valence-electron chi connectivity index (χ0n) is 16.7. The normalized spacial score (nSPS) is 14.1. The molecule has 0 spiro atoms. The quantitative estimate of drug-likeness (QED) is 0.708. The minimum Gasteiger partial charge on any atom is -0.353 e. The van der Waals surface area contributed by atoms with Gasteiger partial charge in [0.15, 0.2) is 0 Å². The van der Waals surface area contributed by atoms with Crippen molar-refractivity contribution in [1.29, 1.82) is 0 Å². The van der Waals surface area contributed by atoms with E-state index in [1.165, 1.54) is 24.6 Å². The van der Waals surface area contributed by atoms with Gasteiger partial charge in [-0.1, -0.05) is 42.8 Å². The van der Waals surface area contributed by atoms with Crippen molar-refractivity contribution in [3.8, 4) is 0 Å². The number of thioether (sulfide) groups is 1. The van der Waals surface area contributed by atoms with E-state index in [4.69, 9.17) is 0 Å². The minimum atomic E-state index is -0.196. The first-order valence-electron chi connectivity index (χ1n) is 9.71. The molecule has 5 nitrogen and oxygen atoms in total. The van der Waals surface area contributed by atoms with Gasteiger partial charge < -0.3 is 10.6 Å². The zero-order valence-corrected chi connectivity index (χ0v) is 17.5. The molecule has 0 saturated heterocycles. The van der Waals surface area contributed by atoms with Crippen LogP contribution in [0, 0.1) is 20.8 Å². The summed E-state index contributed by atoms with van der Waals surface area (Å²) < 4.78 is 0. The van der Waals surface area contributed by atoms with Crippen LogP contribution in [0.2, 0.25) is 0 Å². The summed E-state index contributed by atoms with van der Waals surface area (Å²) in [5.74, 6) is 0.0675. The predicted octanol–water partition coefficient (Wildman–Crippen LogP) is 4.41. The van der Waals surface area contributed by atoms with Crippen LogP contribution in [-0.4, -0.2) is 28.6 Å². The molecule has 1 fully saturated rings. The van der Waals surface area contributed by atoms with Crippen LogP contribution in [0.5, 0.6) is 0 Å². The molecule has 0 aliphatic heterocycles. The van der Waals surface area contributed by atoms with Crippen molar-refractivity contribution in [1.82, 2.24) is 10.3 Å². The number of aromatic nitrogens is 1. The molecule has 1 aliphatic rings. The number of para-hydroxylation sites is 1. The lowest BCUT2D eigenvalue weighted by Gasteiger charge is -2.15. The maximum absolute atomic E-state index is 13.0. The number of amides is 2. The van der Waals surface area contributed by atoms with E-state index < -0.39 is 0 Å². The van der Waals surface area contributed by atoms with E-state index in [0.29, 0.717) is 16.6 Å². The number of anilines is 1. The standard InChI is InChI=1S/C22H27N3O2S/c1-14-8-4-7-11-18(14)25-21(27)20-15(2)12-16(3)23-22(20)28-13-19(26)24-17-9-5-6-10-17/h4,7-8,11-12,17H,5-6,9-10,13H2,1-3H3,(H,24,26)(H,25,27). The minimum absolute atomic E-state index is 0.00289. The molecule has 28 heavy (non-hydrogen) atoms. The molecule has 6 heteroatoms. The SMILES string of the molecule is Cc1cc(C)c(C(=O)Nc2ccccc2C)c(SCC(=O)NC2CCCC2)n1. The molecule has 0 radical (unpaired) electrons. The highest BCUT2D eigenvalue weighted by Gasteiger charge is 2.21. The molecule has 2 aromatic rings. The smallest absolute Gasteiger partial charge is 0.258 e. The van der Waals surface area contributed by atoms with Crippen LogP contribution in [0.15, 0.2) is 35.4 Å². The molecule has 3 rings (SSSR count). The van der Waals surface area contributed by atoms with Crippen molar-refractivity contribution >= 4 is 29.3 Å². The van der Waals surface area contributed by atoms with Crippen molar-refractivity contribution in [2.75, 3.05) is 11.1 Å². The Morgan fingerprint density at radius 2 is 1.82 bits per heavy atom. The van der Waals surface area contributed by atoms with E-state index in [-0.39, 0.29) is 17.6 Å². The molecule has 148 valence electrons. The van der Waals surface area contributed by atoms with Gasteiger partial charge in [0.25, 0.3) is 5.91 Å². The summed E-state index contributed by atoms with van der Waals surface area (Å²) in [6.07, 6.45) is 4.48. The number of benzene rings is 1. The third-order valence-corrected chi connectivity index (χ3v) is 5.97. The fraction of sp³-hybridized carbons (Fsp3) is 0.409. The van der Waals surface area contributed by atoms with E-state index in [1.54, 1.807) is 0 Å². The number of carbonyl (C=O) groups is 2. The summed E-state index contributed by atoms with van der Waals surface area (Å²) in [6.45, 7) is 5.77. The average Bonchev–Trinajstić information content (AvgIpc) is 3.14. The van der Waals surface area contributed by atoms with E-state index in [0.717, 1.165) is 35.3 Å². The van der Waals surface area contributed by atoms with Crippen LogP contribution in [-0.2, 0) is 4.79 Å². The van der Waals surface area contributed by atoms with Gasteiger partial charge in [0, 0.05) is 17.4 Å². The number of hydrogen-bond acceptors (Lipinski definition) is 4. The average molecular weight is 398 g/mol. The summed E-state index contributed by atoms with van der Waals surface area (Å²) in [7, 11) is 0. The monoisotopic (exact) mass is 397 g/mol. The van der Waals surface area contributed by atoms with Gasteiger partial charge in [-0.2, -0.15) is 0 Å². The van der Waals surface area contributed by atoms with Crippen LogP contribution < -0.4 is 10.6 Å². The fourth-order valence-electron chi connectivity index (χ4n) is 3.55. The molecule has 0 atom stereocenters. The lowest BCUT2D eigenvalue weighted by Crippen LogP contribution is -2.33. The fourth-order valence-corrected chi connectivity index (χ4v) is 4.51. The van der Waals surface area contributed by atoms with Gasteiger partial charge in [0.05, 0.1) is 11.3 Å². The summed E-state index contributed by atoms with van der Waals surface area (Å²) >= 11 is 1.33. The zero-order chi connectivity index (χ0) is 20.1. The summed E-state index contributed by atoms with van der Waals surface area (Å²) in [4.78, 5) is 29.8. The Balaban J connectivity index is 1.74. The van der Waals surface area contributed by atoms with Crippen molar-refractivity contribution in [2.24, 2.45) is 0 Å². The Bertz CT molecular complexity index is 876. The number of rotatable bonds is 6. The highest BCUT2D eigenvalue weighted by molar-refractivity contribution is 8.00. The van der Waals surface area contributed by atoms with Gasteiger partial charge in [0.1, 0.15) is 5.03 Å². The molecular formula is C22H27N3O2S. The first-order valence-corrected chi connectivity index (χ1v) is 10.7. The molecule has 1 aliphatic carbocycles. The van der Waals surface area contributed by atoms with Crippen molar-refractivity contribution in [2.45, 2.75) is 57.5 Å². The second kappa shape index (κ2) is 9.24. The number of carbonyl (C=O) groups excluding carboxylic acids is 2. The maximum atomic E-state index is 13.0. The number of nitrogens with one attached hydrogen (secondary N) is 2. The highest BCUT2D eigenvalue weighted by Crippen LogP contribution is 2.26. The Kier molecular flexibility index (Phi) is 6.73. The number of hydrogen-bond donors (Lipinski definition) is 2. The Morgan fingerprint density at radius 3 is 2.54 bits per heavy atom. The van der Waals surface area contributed by atoms with Crippen LogP contribution in [0.3, 0.4) is 0 Å². The molecule has 1 aromatic carbocycles. The largest absolute Gasteiger partial charge is 0.353 e. The van der Waals surface area contributed by atoms with Crippen molar-refractivity contribution in [3.63, 3.8) is 0 Å². The second-order valence-corrected chi connectivity index (χ2v) is 8.33. The van der Waals surface area contributed by atoms with E-state index >= 15 is 0 Å². The number of aryl methyl sites for hydroxylation is 3. The molecule has 0 unspecified atom stereocenters. The lowest BCUT2D eigenvalue weighted by atomic mass is 10.1. The van der Waals surface area contributed by atoms with E-state index in [9.17, 15) is 9.59 Å². The van der Waals surface area contributed by atoms with Gasteiger partial charge in [-0.3, -0.25) is 9.59 Å². The first kappa shape index (κ1) is 20.4. The van der Waals surface area contributed by atoms with Gasteiger partial charge in [-0.25, -0.2) is 4.98 Å². The topological polar surface area (TPSA) is 71.1 Å². The summed E-state index contributed by atoms with van der Waals surface area (Å²) in [5, 5.41) is 6.67. The first-order chi connectivity index (χ1) is 13.4. The third kappa shape index (κ3) is 5.13. The lowest BCUT2D eigenvalue weighted by molar-refractivity contribution is -0.119. The van der Waals surface area contributed by atoms with Gasteiger partial charge in [-0.05, 0) is 56.9 Å². The maximum Gasteiger partial charge on any atom is 0.258 e. The molecule has 1 aromatic heterocycles. The highest BCUT2D eigenvalue weighted by atomic mass is 32.2. The van der Waals surface area contributed by atoms with Crippen LogP contribution >= 0.6 is 11.8 Å². The second-order valence-electron chi connectivity index (χ2n) is 7.37. The Hall–Kier alpha value is -2.34. The van der Waals surface area contributed by atoms with E-state index in [2.05, 4.69) is 15.6 Å². The molecule has 1 heterocycles. The van der Waals surface area contributed by atoms with Gasteiger partial charge in [-0.15, -0.1) is 0 Å². The summed E-state index contributed by atoms with van der Waals surface area (Å²) in [6, 6.07) is 9.87. The Labute approximate surface area is 170 Å². The van der Waals surface area contributed by atoms with E-state index in [1.807, 2.05) is 51.1 Å². The molecule has 1 saturated carbocycles. The van der Waals surface area contributed by atoms with Crippen molar-refractivity contribution < 1.29 is 9.59 Å². The predicted molar refractivity (Wildman–Crippen MR) is 114 cm³/mol. The molecular weight excluding hydrogens is 370 g/mol. The molecule has 2 N–H and O–H groups in total. The van der Waals surface area contributed by atoms with Crippen LogP contribution in [0.25, 0.3) is 0 Å². The number of nitrogens with zero attached hydrogens (tertiary/aromatic N) is 1. The number of pyridine rings is 1. The van der Waals surface area contributed by atoms with Gasteiger partial charge in [0.2, 0.25) is 5.91 Å². The summed E-state index contributed by atoms with van der Waals surface area (Å²) in [5.41, 5.74) is 4.01. The molecule has 2 amide bonds. The van der Waals surface area contributed by atoms with Crippen molar-refractivity contribution in [3.05, 3.63) is 52.7 Å². The Morgan fingerprint density at radius 1 is 1.11 bits per heavy atom.